The molecule has 4 nitrogen and oxygen atoms in total. The molecule has 182 valence electrons. The summed E-state index contributed by atoms with van der Waals surface area (Å²) in [4.78, 5) is 0. The summed E-state index contributed by atoms with van der Waals surface area (Å²) in [6.45, 7) is 21.0. The molecule has 2 aromatic carbocycles. The molecule has 0 bridgehead atoms. The Balaban J connectivity index is 1.56. The normalized spacial score (nSPS) is 20.3. The number of hydrogen-bond donors (Lipinski definition) is 1. The second kappa shape index (κ2) is 7.96. The van der Waals surface area contributed by atoms with Crippen LogP contribution in [0.2, 0.25) is 0 Å². The summed E-state index contributed by atoms with van der Waals surface area (Å²) in [5, 5.41) is 10.4. The van der Waals surface area contributed by atoms with Gasteiger partial charge in [0, 0.05) is 11.9 Å². The number of rotatable bonds is 6. The maximum Gasteiger partial charge on any atom is 0.494 e. The Morgan fingerprint density at radius 3 is 1.94 bits per heavy atom. The van der Waals surface area contributed by atoms with Crippen LogP contribution < -0.4 is 10.9 Å². The molecule has 1 fully saturated rings. The van der Waals surface area contributed by atoms with E-state index >= 15 is 0 Å². The first kappa shape index (κ1) is 25.5. The largest absolute Gasteiger partial charge is 0.494 e. The van der Waals surface area contributed by atoms with Crippen molar-refractivity contribution in [3.63, 3.8) is 0 Å². The van der Waals surface area contributed by atoms with E-state index in [1.807, 2.05) is 13.8 Å². The molecule has 4 rings (SSSR count). The van der Waals surface area contributed by atoms with Gasteiger partial charge in [0.15, 0.2) is 7.28 Å². The van der Waals surface area contributed by atoms with E-state index in [4.69, 9.17) is 14.0 Å². The average Bonchev–Trinajstić information content (AvgIpc) is 3.06. The molecule has 6 heteroatoms. The SMILES string of the molecule is CC1(C)c2cc(BCOC(C)(C)C(C)(C)O)ccc2-c2ccc(B3OC(C)(C)C(C)(C)O3)cc21. The highest BCUT2D eigenvalue weighted by Crippen LogP contribution is 2.48. The Morgan fingerprint density at radius 1 is 0.853 bits per heavy atom. The Hall–Kier alpha value is -1.59. The third kappa shape index (κ3) is 4.17. The van der Waals surface area contributed by atoms with Crippen molar-refractivity contribution < 1.29 is 19.2 Å². The Labute approximate surface area is 206 Å². The van der Waals surface area contributed by atoms with Gasteiger partial charge in [0.2, 0.25) is 0 Å². The van der Waals surface area contributed by atoms with Gasteiger partial charge in [0.25, 0.3) is 0 Å². The van der Waals surface area contributed by atoms with Crippen molar-refractivity contribution in [2.45, 2.75) is 97.1 Å². The molecule has 0 spiro atoms. The highest BCUT2D eigenvalue weighted by Gasteiger charge is 2.52. The van der Waals surface area contributed by atoms with Crippen LogP contribution in [0.3, 0.4) is 0 Å². The Morgan fingerprint density at radius 2 is 1.38 bits per heavy atom. The van der Waals surface area contributed by atoms with E-state index in [0.29, 0.717) is 6.51 Å². The van der Waals surface area contributed by atoms with Gasteiger partial charge in [-0.3, -0.25) is 0 Å². The highest BCUT2D eigenvalue weighted by molar-refractivity contribution is 6.62. The first-order valence-electron chi connectivity index (χ1n) is 12.5. The summed E-state index contributed by atoms with van der Waals surface area (Å²) in [7, 11) is 0.444. The molecule has 0 amide bonds. The summed E-state index contributed by atoms with van der Waals surface area (Å²) in [6, 6.07) is 13.4. The molecule has 0 saturated carbocycles. The third-order valence-corrected chi connectivity index (χ3v) is 8.62. The minimum absolute atomic E-state index is 0.118. The molecule has 2 aliphatic rings. The van der Waals surface area contributed by atoms with Crippen LogP contribution in [-0.4, -0.2) is 48.4 Å². The zero-order valence-corrected chi connectivity index (χ0v) is 22.6. The van der Waals surface area contributed by atoms with Gasteiger partial charge < -0.3 is 19.2 Å². The maximum absolute atomic E-state index is 10.4. The van der Waals surface area contributed by atoms with Gasteiger partial charge in [-0.15, -0.1) is 0 Å². The van der Waals surface area contributed by atoms with Crippen molar-refractivity contribution in [2.24, 2.45) is 0 Å². The van der Waals surface area contributed by atoms with Crippen LogP contribution in [0, 0.1) is 0 Å². The van der Waals surface area contributed by atoms with Crippen molar-refractivity contribution in [1.29, 1.82) is 0 Å². The molecule has 0 atom stereocenters. The van der Waals surface area contributed by atoms with Gasteiger partial charge in [-0.2, -0.15) is 0 Å². The summed E-state index contributed by atoms with van der Waals surface area (Å²) in [6.07, 6.45) is 0. The van der Waals surface area contributed by atoms with E-state index in [9.17, 15) is 5.11 Å². The second-order valence-corrected chi connectivity index (χ2v) is 12.6. The van der Waals surface area contributed by atoms with Crippen molar-refractivity contribution >= 4 is 25.3 Å². The molecule has 0 radical (unpaired) electrons. The lowest BCUT2D eigenvalue weighted by Gasteiger charge is -2.37. The highest BCUT2D eigenvalue weighted by atomic mass is 16.7. The molecule has 0 aromatic heterocycles. The number of aliphatic hydroxyl groups is 1. The fourth-order valence-electron chi connectivity index (χ4n) is 4.68. The van der Waals surface area contributed by atoms with Gasteiger partial charge in [-0.1, -0.05) is 55.7 Å². The predicted octanol–water partition coefficient (Wildman–Crippen LogP) is 3.88. The molecule has 1 aliphatic carbocycles. The van der Waals surface area contributed by atoms with E-state index in [1.54, 1.807) is 13.8 Å². The van der Waals surface area contributed by atoms with Crippen LogP contribution in [0.15, 0.2) is 36.4 Å². The lowest BCUT2D eigenvalue weighted by atomic mass is 9.69. The lowest BCUT2D eigenvalue weighted by molar-refractivity contribution is -0.135. The summed E-state index contributed by atoms with van der Waals surface area (Å²) < 4.78 is 18.7. The first-order chi connectivity index (χ1) is 15.5. The predicted molar refractivity (Wildman–Crippen MR) is 143 cm³/mol. The monoisotopic (exact) mass is 462 g/mol. The second-order valence-electron chi connectivity index (χ2n) is 12.6. The van der Waals surface area contributed by atoms with E-state index in [-0.39, 0.29) is 23.7 Å². The molecule has 1 N–H and O–H groups in total. The van der Waals surface area contributed by atoms with Crippen molar-refractivity contribution in [1.82, 2.24) is 0 Å². The topological polar surface area (TPSA) is 47.9 Å². The Kier molecular flexibility index (Phi) is 5.97. The first-order valence-corrected chi connectivity index (χ1v) is 12.5. The van der Waals surface area contributed by atoms with Crippen LogP contribution in [0.1, 0.15) is 80.4 Å². The molecular weight excluding hydrogens is 422 g/mol. The van der Waals surface area contributed by atoms with E-state index in [0.717, 1.165) is 12.7 Å². The zero-order chi connectivity index (χ0) is 25.3. The van der Waals surface area contributed by atoms with Crippen molar-refractivity contribution in [2.75, 3.05) is 6.51 Å². The van der Waals surface area contributed by atoms with Crippen molar-refractivity contribution in [3.8, 4) is 11.1 Å². The van der Waals surface area contributed by atoms with Gasteiger partial charge >= 0.3 is 7.12 Å². The van der Waals surface area contributed by atoms with Crippen LogP contribution in [0.4, 0.5) is 0 Å². The minimum atomic E-state index is -0.899. The van der Waals surface area contributed by atoms with E-state index < -0.39 is 11.2 Å². The summed E-state index contributed by atoms with van der Waals surface area (Å²) in [5.41, 5.74) is 5.21. The standard InChI is InChI=1S/C28H40B2O4/c1-24(2)22-15-18(29-17-32-26(5,6)25(3,4)31)11-13-20(22)21-14-12-19(16-23(21)24)30-33-27(7,8)28(9,10)34-30/h11-16,29,31H,17H2,1-10H3. The molecular formula is C28H40B2O4. The number of ether oxygens (including phenoxy) is 1. The fourth-order valence-corrected chi connectivity index (χ4v) is 4.68. The van der Waals surface area contributed by atoms with Crippen LogP contribution in [-0.2, 0) is 19.5 Å². The molecule has 1 saturated heterocycles. The maximum atomic E-state index is 10.4. The molecule has 1 aliphatic heterocycles. The number of benzene rings is 2. The van der Waals surface area contributed by atoms with Crippen LogP contribution in [0.5, 0.6) is 0 Å². The molecule has 2 aromatic rings. The van der Waals surface area contributed by atoms with Gasteiger partial charge in [0.05, 0.1) is 22.4 Å². The molecule has 1 heterocycles. The quantitative estimate of drug-likeness (QED) is 0.663. The van der Waals surface area contributed by atoms with Crippen LogP contribution in [0.25, 0.3) is 11.1 Å². The van der Waals surface area contributed by atoms with Gasteiger partial charge in [-0.05, 0) is 83.1 Å². The third-order valence-electron chi connectivity index (χ3n) is 8.62. The molecule has 0 unspecified atom stereocenters. The number of fused-ring (bicyclic) bond motifs is 3. The summed E-state index contributed by atoms with van der Waals surface area (Å²) >= 11 is 0. The fraction of sp³-hybridized carbons (Fsp3) is 0.571. The molecule has 34 heavy (non-hydrogen) atoms. The average molecular weight is 462 g/mol. The number of hydrogen-bond acceptors (Lipinski definition) is 4. The van der Waals surface area contributed by atoms with E-state index in [1.165, 1.54) is 27.7 Å². The van der Waals surface area contributed by atoms with Crippen LogP contribution >= 0.6 is 0 Å². The zero-order valence-electron chi connectivity index (χ0n) is 22.6. The van der Waals surface area contributed by atoms with Gasteiger partial charge in [-0.25, -0.2) is 0 Å². The Bertz CT molecular complexity index is 1080. The van der Waals surface area contributed by atoms with Gasteiger partial charge in [0.1, 0.15) is 0 Å². The van der Waals surface area contributed by atoms with Crippen molar-refractivity contribution in [3.05, 3.63) is 47.5 Å². The van der Waals surface area contributed by atoms with E-state index in [2.05, 4.69) is 77.9 Å². The summed E-state index contributed by atoms with van der Waals surface area (Å²) in [5.74, 6) is 0. The smallest absolute Gasteiger partial charge is 0.399 e. The minimum Gasteiger partial charge on any atom is -0.399 e. The lowest BCUT2D eigenvalue weighted by Crippen LogP contribution is -2.48.